The fourth-order valence-electron chi connectivity index (χ4n) is 2.07. The molecule has 1 aromatic carbocycles. The summed E-state index contributed by atoms with van der Waals surface area (Å²) in [6.45, 7) is 4.29. The third kappa shape index (κ3) is 3.22. The molecule has 3 heteroatoms. The van der Waals surface area contributed by atoms with Crippen molar-refractivity contribution in [3.8, 4) is 0 Å². The first-order valence-electron chi connectivity index (χ1n) is 6.09. The van der Waals surface area contributed by atoms with Gasteiger partial charge in [-0.05, 0) is 54.9 Å². The predicted molar refractivity (Wildman–Crippen MR) is 83.4 cm³/mol. The Balaban J connectivity index is 2.19. The van der Waals surface area contributed by atoms with Crippen LogP contribution in [0.1, 0.15) is 26.9 Å². The van der Waals surface area contributed by atoms with Gasteiger partial charge in [0.05, 0.1) is 0 Å². The first-order chi connectivity index (χ1) is 8.60. The van der Waals surface area contributed by atoms with Gasteiger partial charge in [-0.15, -0.1) is 11.3 Å². The maximum atomic E-state index is 3.59. The summed E-state index contributed by atoms with van der Waals surface area (Å²) in [5.74, 6) is 0. The molecule has 1 aromatic heterocycles. The van der Waals surface area contributed by atoms with Crippen LogP contribution >= 0.6 is 27.3 Å². The van der Waals surface area contributed by atoms with Crippen LogP contribution in [0.15, 0.2) is 34.8 Å². The zero-order valence-corrected chi connectivity index (χ0v) is 13.4. The van der Waals surface area contributed by atoms with E-state index in [0.717, 1.165) is 6.42 Å². The molecule has 1 nitrogen and oxygen atoms in total. The van der Waals surface area contributed by atoms with Crippen LogP contribution < -0.4 is 5.32 Å². The Hall–Kier alpha value is -0.640. The average molecular weight is 324 g/mol. The number of rotatable bonds is 4. The summed E-state index contributed by atoms with van der Waals surface area (Å²) in [7, 11) is 2.03. The Morgan fingerprint density at radius 2 is 2.06 bits per heavy atom. The Morgan fingerprint density at radius 3 is 2.61 bits per heavy atom. The fraction of sp³-hybridized carbons (Fsp3) is 0.333. The summed E-state index contributed by atoms with van der Waals surface area (Å²) in [6.07, 6.45) is 1.03. The van der Waals surface area contributed by atoms with E-state index in [4.69, 9.17) is 0 Å². The highest BCUT2D eigenvalue weighted by atomic mass is 79.9. The van der Waals surface area contributed by atoms with Crippen LogP contribution in [0.5, 0.6) is 0 Å². The number of likely N-dealkylation sites (N-methyl/N-ethyl adjacent to an activating group) is 1. The minimum atomic E-state index is 0.391. The van der Waals surface area contributed by atoms with Crippen molar-refractivity contribution in [1.29, 1.82) is 0 Å². The summed E-state index contributed by atoms with van der Waals surface area (Å²) in [5, 5.41) is 3.42. The van der Waals surface area contributed by atoms with E-state index < -0.39 is 0 Å². The molecular weight excluding hydrogens is 306 g/mol. The second-order valence-corrected chi connectivity index (χ2v) is 6.73. The molecule has 0 aliphatic carbocycles. The molecule has 0 fully saturated rings. The van der Waals surface area contributed by atoms with Crippen molar-refractivity contribution in [1.82, 2.24) is 5.32 Å². The molecular formula is C15H18BrNS. The first-order valence-corrected chi connectivity index (χ1v) is 7.69. The van der Waals surface area contributed by atoms with Crippen LogP contribution in [-0.4, -0.2) is 7.05 Å². The third-order valence-electron chi connectivity index (χ3n) is 3.09. The van der Waals surface area contributed by atoms with Gasteiger partial charge in [0.1, 0.15) is 0 Å². The Kier molecular flexibility index (Phi) is 4.60. The van der Waals surface area contributed by atoms with Crippen LogP contribution in [0.4, 0.5) is 0 Å². The second-order valence-electron chi connectivity index (χ2n) is 4.59. The first kappa shape index (κ1) is 13.8. The number of halogens is 1. The summed E-state index contributed by atoms with van der Waals surface area (Å²) in [5.41, 5.74) is 2.71. The van der Waals surface area contributed by atoms with Crippen LogP contribution in [0.3, 0.4) is 0 Å². The van der Waals surface area contributed by atoms with Crippen molar-refractivity contribution in [2.75, 3.05) is 7.05 Å². The molecule has 1 unspecified atom stereocenters. The van der Waals surface area contributed by atoms with Crippen molar-refractivity contribution in [3.63, 3.8) is 0 Å². The summed E-state index contributed by atoms with van der Waals surface area (Å²) >= 11 is 5.45. The van der Waals surface area contributed by atoms with Crippen molar-refractivity contribution in [2.24, 2.45) is 0 Å². The normalized spacial score (nSPS) is 12.7. The number of aryl methyl sites for hydroxylation is 2. The van der Waals surface area contributed by atoms with Crippen LogP contribution in [0.25, 0.3) is 0 Å². The molecule has 0 aliphatic heterocycles. The summed E-state index contributed by atoms with van der Waals surface area (Å²) in [4.78, 5) is 2.73. The lowest BCUT2D eigenvalue weighted by atomic mass is 10.0. The lowest BCUT2D eigenvalue weighted by Crippen LogP contribution is -2.17. The standard InChI is InChI=1S/C15H18BrNS/c1-10-5-4-6-12(7-10)8-14(17-3)15-9-13(16)11(2)18-15/h4-7,9,14,17H,8H2,1-3H3. The SMILES string of the molecule is CNC(Cc1cccc(C)c1)c1cc(Br)c(C)s1. The largest absolute Gasteiger partial charge is 0.312 e. The molecule has 0 saturated carbocycles. The molecule has 2 rings (SSSR count). The van der Waals surface area contributed by atoms with Gasteiger partial charge in [-0.25, -0.2) is 0 Å². The Morgan fingerprint density at radius 1 is 1.28 bits per heavy atom. The van der Waals surface area contributed by atoms with E-state index in [-0.39, 0.29) is 0 Å². The second kappa shape index (κ2) is 6.00. The Labute approximate surface area is 121 Å². The molecule has 0 amide bonds. The van der Waals surface area contributed by atoms with Gasteiger partial charge in [0.25, 0.3) is 0 Å². The molecule has 0 saturated heterocycles. The van der Waals surface area contributed by atoms with E-state index in [1.54, 1.807) is 0 Å². The maximum Gasteiger partial charge on any atom is 0.0453 e. The minimum absolute atomic E-state index is 0.391. The number of hydrogen-bond donors (Lipinski definition) is 1. The molecule has 96 valence electrons. The summed E-state index contributed by atoms with van der Waals surface area (Å²) in [6, 6.07) is 11.4. The van der Waals surface area contributed by atoms with Gasteiger partial charge in [-0.3, -0.25) is 0 Å². The molecule has 18 heavy (non-hydrogen) atoms. The number of hydrogen-bond acceptors (Lipinski definition) is 2. The molecule has 0 spiro atoms. The molecule has 0 radical (unpaired) electrons. The molecule has 0 bridgehead atoms. The zero-order chi connectivity index (χ0) is 13.1. The van der Waals surface area contributed by atoms with Crippen LogP contribution in [0.2, 0.25) is 0 Å². The predicted octanol–water partition coefficient (Wildman–Crippen LogP) is 4.63. The lowest BCUT2D eigenvalue weighted by molar-refractivity contribution is 0.602. The third-order valence-corrected chi connectivity index (χ3v) is 5.34. The quantitative estimate of drug-likeness (QED) is 0.864. The van der Waals surface area contributed by atoms with E-state index in [0.29, 0.717) is 6.04 Å². The van der Waals surface area contributed by atoms with Crippen molar-refractivity contribution in [3.05, 3.63) is 55.7 Å². The van der Waals surface area contributed by atoms with E-state index in [2.05, 4.69) is 65.4 Å². The van der Waals surface area contributed by atoms with Gasteiger partial charge in [0.15, 0.2) is 0 Å². The molecule has 1 heterocycles. The molecule has 1 atom stereocenters. The van der Waals surface area contributed by atoms with E-state index >= 15 is 0 Å². The smallest absolute Gasteiger partial charge is 0.0453 e. The van der Waals surface area contributed by atoms with Gasteiger partial charge in [0.2, 0.25) is 0 Å². The van der Waals surface area contributed by atoms with Crippen molar-refractivity contribution < 1.29 is 0 Å². The van der Waals surface area contributed by atoms with Gasteiger partial charge in [-0.2, -0.15) is 0 Å². The minimum Gasteiger partial charge on any atom is -0.312 e. The van der Waals surface area contributed by atoms with Crippen LogP contribution in [-0.2, 0) is 6.42 Å². The molecule has 2 aromatic rings. The topological polar surface area (TPSA) is 12.0 Å². The highest BCUT2D eigenvalue weighted by molar-refractivity contribution is 9.10. The number of thiophene rings is 1. The van der Waals surface area contributed by atoms with E-state index in [1.807, 2.05) is 18.4 Å². The van der Waals surface area contributed by atoms with Gasteiger partial charge >= 0.3 is 0 Å². The van der Waals surface area contributed by atoms with Gasteiger partial charge in [-0.1, -0.05) is 29.8 Å². The lowest BCUT2D eigenvalue weighted by Gasteiger charge is -2.14. The molecule has 1 N–H and O–H groups in total. The number of nitrogens with one attached hydrogen (secondary N) is 1. The maximum absolute atomic E-state index is 3.59. The van der Waals surface area contributed by atoms with Crippen molar-refractivity contribution >= 4 is 27.3 Å². The van der Waals surface area contributed by atoms with Crippen molar-refractivity contribution in [2.45, 2.75) is 26.3 Å². The van der Waals surface area contributed by atoms with Crippen LogP contribution in [0, 0.1) is 13.8 Å². The van der Waals surface area contributed by atoms with Gasteiger partial charge in [0, 0.05) is 20.3 Å². The molecule has 0 aliphatic rings. The fourth-order valence-corrected chi connectivity index (χ4v) is 3.74. The highest BCUT2D eigenvalue weighted by Gasteiger charge is 2.14. The summed E-state index contributed by atoms with van der Waals surface area (Å²) < 4.78 is 1.21. The number of benzene rings is 1. The highest BCUT2D eigenvalue weighted by Crippen LogP contribution is 2.32. The average Bonchev–Trinajstić information content (AvgIpc) is 2.66. The van der Waals surface area contributed by atoms with E-state index in [1.165, 1.54) is 25.4 Å². The van der Waals surface area contributed by atoms with Gasteiger partial charge < -0.3 is 5.32 Å². The Bertz CT molecular complexity index is 514. The zero-order valence-electron chi connectivity index (χ0n) is 11.0. The van der Waals surface area contributed by atoms with E-state index in [9.17, 15) is 0 Å². The monoisotopic (exact) mass is 323 g/mol.